The largest absolute Gasteiger partial charge is 0.179 e. The van der Waals surface area contributed by atoms with Gasteiger partial charge in [0.2, 0.25) is 0 Å². The van der Waals surface area contributed by atoms with E-state index in [9.17, 15) is 0 Å². The van der Waals surface area contributed by atoms with Gasteiger partial charge in [0.25, 0.3) is 0 Å². The summed E-state index contributed by atoms with van der Waals surface area (Å²) in [5.74, 6) is 41.2. The van der Waals surface area contributed by atoms with Crippen LogP contribution in [-0.4, -0.2) is 46.0 Å². The Hall–Kier alpha value is -0.880. The molecule has 0 aliphatic heterocycles. The summed E-state index contributed by atoms with van der Waals surface area (Å²) in [5, 5.41) is 6.60. The zero-order valence-electron chi connectivity index (χ0n) is 52.9. The number of hydrogen-bond donors (Lipinski definition) is 3. The highest BCUT2D eigenvalue weighted by Crippen LogP contribution is 2.52. The first-order valence-electron chi connectivity index (χ1n) is 32.5. The molecule has 2 aromatic carbocycles. The van der Waals surface area contributed by atoms with E-state index in [2.05, 4.69) is 163 Å². The summed E-state index contributed by atoms with van der Waals surface area (Å²) in [5.41, 5.74) is 0. The summed E-state index contributed by atoms with van der Waals surface area (Å²) in [4.78, 5) is 14.3. The minimum Gasteiger partial charge on any atom is -0.179 e. The molecule has 0 N–H and O–H groups in total. The van der Waals surface area contributed by atoms with E-state index in [1.807, 2.05) is 47.0 Å². The van der Waals surface area contributed by atoms with Crippen LogP contribution < -0.4 is 0 Å². The maximum absolute atomic E-state index is 5.52. The highest BCUT2D eigenvalue weighted by atomic mass is 32.2. The second-order valence-electron chi connectivity index (χ2n) is 21.1. The monoisotopic (exact) mass is 1370 g/mol. The van der Waals surface area contributed by atoms with Crippen LogP contribution in [0.25, 0.3) is 0 Å². The van der Waals surface area contributed by atoms with Crippen LogP contribution in [0.2, 0.25) is 0 Å². The molecule has 470 valence electrons. The Kier molecular flexibility index (Phi) is 57.0. The van der Waals surface area contributed by atoms with Gasteiger partial charge in [0, 0.05) is 53.9 Å². The van der Waals surface area contributed by atoms with Crippen molar-refractivity contribution in [2.45, 2.75) is 300 Å². The number of thiol groups is 3. The van der Waals surface area contributed by atoms with Crippen LogP contribution in [0.5, 0.6) is 0 Å². The highest BCUT2D eigenvalue weighted by molar-refractivity contribution is 8.07. The van der Waals surface area contributed by atoms with Crippen molar-refractivity contribution in [2.24, 2.45) is 0 Å². The van der Waals surface area contributed by atoms with Crippen LogP contribution in [-0.2, 0) is 0 Å². The quantitative estimate of drug-likeness (QED) is 0.0254. The average molecular weight is 1380 g/mol. The lowest BCUT2D eigenvalue weighted by Gasteiger charge is -2.22. The van der Waals surface area contributed by atoms with Crippen LogP contribution in [0.1, 0.15) is 246 Å². The summed E-state index contributed by atoms with van der Waals surface area (Å²) in [6.07, 6.45) is 54.1. The zero-order chi connectivity index (χ0) is 62.0. The Labute approximate surface area is 584 Å². The molecular weight excluding hydrogens is 1270 g/mol. The van der Waals surface area contributed by atoms with E-state index in [0.29, 0.717) is 0 Å². The predicted octanol–water partition coefficient (Wildman–Crippen LogP) is 25.3. The van der Waals surface area contributed by atoms with Crippen molar-refractivity contribution in [1.82, 2.24) is 0 Å². The fourth-order valence-electron chi connectivity index (χ4n) is 9.00. The van der Waals surface area contributed by atoms with Crippen molar-refractivity contribution in [3.8, 4) is 94.4 Å². The number of thioether (sulfide) groups is 9. The third-order valence-electron chi connectivity index (χ3n) is 13.8. The van der Waals surface area contributed by atoms with E-state index in [1.165, 1.54) is 256 Å². The second-order valence-corrected chi connectivity index (χ2v) is 31.9. The molecule has 2 aromatic rings. The van der Waals surface area contributed by atoms with E-state index in [4.69, 9.17) is 38.1 Å². The third-order valence-corrected chi connectivity index (χ3v) is 26.2. The SMILES string of the molecule is C#CC#CC#CC#CSc1cc(SC#CC#CC#CC#C)c(SCCCCCCCC)c(SCCCCCCSc2c(S)c(SCCCCCCCC)c(SCCCCCCCCS)c(S)c2SCCCCCCCC)c1SCCCCCCCC. The molecule has 0 spiro atoms. The summed E-state index contributed by atoms with van der Waals surface area (Å²) in [6, 6.07) is 2.31. The standard InChI is InChI=1S/C74H102S12/c1-7-13-19-25-34-44-54-78-64-63-65(79-55-45-35-26-20-14-8-2)69(81-57-47-37-28-22-16-10-4)74(68(64)80-56-46-36-27-21-15-9-3)86-62-52-42-41-51-61-85-73-67(77)70(82-58-48-38-29-23-17-11-5)71(84-60-50-40-32-31-33-43-53-75)66(76)72(73)83-59-49-39-30-24-18-12-6/h1-2,63,75-77H,9-12,15-18,21-24,27-33,36-43,46-53,56-62H2,3-6H3. The van der Waals surface area contributed by atoms with E-state index in [-0.39, 0.29) is 0 Å². The summed E-state index contributed by atoms with van der Waals surface area (Å²) < 4.78 is 0. The van der Waals surface area contributed by atoms with Crippen molar-refractivity contribution >= 4 is 144 Å². The van der Waals surface area contributed by atoms with Crippen molar-refractivity contribution in [1.29, 1.82) is 0 Å². The van der Waals surface area contributed by atoms with Crippen LogP contribution in [0.4, 0.5) is 0 Å². The molecule has 12 heteroatoms. The number of benzene rings is 2. The minimum atomic E-state index is 0.999. The van der Waals surface area contributed by atoms with Gasteiger partial charge >= 0.3 is 0 Å². The van der Waals surface area contributed by atoms with Crippen molar-refractivity contribution in [2.75, 3.05) is 46.0 Å². The van der Waals surface area contributed by atoms with Gasteiger partial charge < -0.3 is 0 Å². The van der Waals surface area contributed by atoms with Gasteiger partial charge in [0.1, 0.15) is 0 Å². The topological polar surface area (TPSA) is 0 Å². The third kappa shape index (κ3) is 40.2. The Morgan fingerprint density at radius 2 is 0.523 bits per heavy atom. The molecule has 0 radical (unpaired) electrons. The Balaban J connectivity index is 2.51. The molecule has 0 saturated heterocycles. The van der Waals surface area contributed by atoms with Crippen molar-refractivity contribution in [3.63, 3.8) is 0 Å². The fourth-order valence-corrected chi connectivity index (χ4v) is 21.4. The van der Waals surface area contributed by atoms with Crippen LogP contribution in [0.15, 0.2) is 59.9 Å². The van der Waals surface area contributed by atoms with Gasteiger partial charge in [0.05, 0.1) is 0 Å². The predicted molar refractivity (Wildman–Crippen MR) is 412 cm³/mol. The summed E-state index contributed by atoms with van der Waals surface area (Å²) in [7, 11) is 0. The molecule has 0 nitrogen and oxygen atoms in total. The molecule has 2 rings (SSSR count). The fraction of sp³-hybridized carbons (Fsp3) is 0.622. The summed E-state index contributed by atoms with van der Waals surface area (Å²) >= 11 is 32.8. The van der Waals surface area contributed by atoms with Gasteiger partial charge in [-0.1, -0.05) is 195 Å². The molecule has 0 aliphatic carbocycles. The van der Waals surface area contributed by atoms with E-state index in [0.717, 1.165) is 62.2 Å². The van der Waals surface area contributed by atoms with Gasteiger partial charge in [-0.15, -0.1) is 120 Å². The Morgan fingerprint density at radius 1 is 0.291 bits per heavy atom. The molecule has 0 bridgehead atoms. The Morgan fingerprint density at radius 3 is 0.802 bits per heavy atom. The van der Waals surface area contributed by atoms with Crippen LogP contribution in [0, 0.1) is 94.4 Å². The van der Waals surface area contributed by atoms with Crippen molar-refractivity contribution < 1.29 is 0 Å². The van der Waals surface area contributed by atoms with Gasteiger partial charge in [-0.3, -0.25) is 0 Å². The number of terminal acetylenes is 2. The van der Waals surface area contributed by atoms with E-state index < -0.39 is 0 Å². The summed E-state index contributed by atoms with van der Waals surface area (Å²) in [6.45, 7) is 9.19. The second kappa shape index (κ2) is 60.4. The van der Waals surface area contributed by atoms with Gasteiger partial charge in [-0.2, -0.15) is 12.6 Å². The lowest BCUT2D eigenvalue weighted by molar-refractivity contribution is 0.626. The smallest absolute Gasteiger partial charge is 0.0368 e. The first kappa shape index (κ1) is 81.2. The molecule has 0 aromatic heterocycles. The number of unbranched alkanes of at least 4 members (excludes halogenated alkanes) is 28. The minimum absolute atomic E-state index is 0.999. The molecule has 0 unspecified atom stereocenters. The molecule has 0 aliphatic rings. The normalized spacial score (nSPS) is 10.4. The first-order chi connectivity index (χ1) is 42.4. The van der Waals surface area contributed by atoms with Gasteiger partial charge in [-0.05, 0) is 209 Å². The lowest BCUT2D eigenvalue weighted by atomic mass is 10.1. The van der Waals surface area contributed by atoms with Gasteiger partial charge in [-0.25, -0.2) is 0 Å². The average Bonchev–Trinajstić information content (AvgIpc) is 1.54. The molecule has 0 atom stereocenters. The maximum Gasteiger partial charge on any atom is 0.0368 e. The number of rotatable bonds is 52. The van der Waals surface area contributed by atoms with Crippen molar-refractivity contribution in [3.05, 3.63) is 6.07 Å². The molecule has 0 fully saturated rings. The van der Waals surface area contributed by atoms with Crippen LogP contribution >= 0.6 is 144 Å². The highest BCUT2D eigenvalue weighted by Gasteiger charge is 2.24. The first-order valence-corrected chi connectivity index (χ1v) is 42.6. The molecule has 0 amide bonds. The molecule has 0 saturated carbocycles. The molecular formula is C74H102S12. The van der Waals surface area contributed by atoms with Crippen LogP contribution in [0.3, 0.4) is 0 Å². The molecule has 0 heterocycles. The Bertz CT molecular complexity index is 2510. The maximum atomic E-state index is 5.52. The molecule has 86 heavy (non-hydrogen) atoms. The van der Waals surface area contributed by atoms with E-state index >= 15 is 0 Å². The number of hydrogen-bond acceptors (Lipinski definition) is 12. The zero-order valence-corrected chi connectivity index (χ0v) is 63.0. The van der Waals surface area contributed by atoms with E-state index in [1.54, 1.807) is 23.5 Å². The van der Waals surface area contributed by atoms with Gasteiger partial charge in [0.15, 0.2) is 0 Å². The lowest BCUT2D eigenvalue weighted by Crippen LogP contribution is -1.97.